The second-order valence-corrected chi connectivity index (χ2v) is 6.80. The molecule has 0 spiro atoms. The molecule has 0 saturated heterocycles. The lowest BCUT2D eigenvalue weighted by atomic mass is 10.1. The van der Waals surface area contributed by atoms with E-state index >= 15 is 0 Å². The molecule has 5 nitrogen and oxygen atoms in total. The molecule has 0 aliphatic rings. The van der Waals surface area contributed by atoms with E-state index < -0.39 is 0 Å². The van der Waals surface area contributed by atoms with Gasteiger partial charge in [-0.25, -0.2) is 0 Å². The molecule has 0 aliphatic heterocycles. The van der Waals surface area contributed by atoms with Crippen molar-refractivity contribution in [1.29, 1.82) is 0 Å². The number of benzene rings is 2. The largest absolute Gasteiger partial charge is 0.350 e. The van der Waals surface area contributed by atoms with E-state index in [2.05, 4.69) is 10.3 Å². The van der Waals surface area contributed by atoms with Gasteiger partial charge in [0.25, 0.3) is 11.8 Å². The smallest absolute Gasteiger partial charge is 0.260 e. The van der Waals surface area contributed by atoms with Gasteiger partial charge in [-0.1, -0.05) is 48.5 Å². The summed E-state index contributed by atoms with van der Waals surface area (Å²) in [4.78, 5) is 31.4. The van der Waals surface area contributed by atoms with Crippen LogP contribution in [-0.4, -0.2) is 22.8 Å². The lowest BCUT2D eigenvalue weighted by molar-refractivity contribution is 0.0942. The van der Waals surface area contributed by atoms with Gasteiger partial charge in [0, 0.05) is 24.1 Å². The van der Waals surface area contributed by atoms with Crippen molar-refractivity contribution in [3.63, 3.8) is 0 Å². The highest BCUT2D eigenvalue weighted by atomic mass is 16.2. The van der Waals surface area contributed by atoms with E-state index in [4.69, 9.17) is 0 Å². The van der Waals surface area contributed by atoms with Crippen molar-refractivity contribution in [2.75, 3.05) is 4.90 Å². The van der Waals surface area contributed by atoms with Gasteiger partial charge >= 0.3 is 0 Å². The normalized spacial score (nSPS) is 10.5. The lowest BCUT2D eigenvalue weighted by Gasteiger charge is -2.23. The van der Waals surface area contributed by atoms with Crippen LogP contribution >= 0.6 is 0 Å². The van der Waals surface area contributed by atoms with E-state index in [0.717, 1.165) is 11.3 Å². The lowest BCUT2D eigenvalue weighted by Crippen LogP contribution is -2.32. The average molecular weight is 373 g/mol. The highest BCUT2D eigenvalue weighted by molar-refractivity contribution is 6.07. The minimum absolute atomic E-state index is 0.00533. The van der Waals surface area contributed by atoms with Gasteiger partial charge in [-0.15, -0.1) is 0 Å². The molecule has 1 aromatic heterocycles. The van der Waals surface area contributed by atoms with Crippen LogP contribution in [0.4, 0.5) is 5.69 Å². The van der Waals surface area contributed by atoms with Crippen LogP contribution in [-0.2, 0) is 6.54 Å². The summed E-state index contributed by atoms with van der Waals surface area (Å²) in [5, 5.41) is 2.82. The van der Waals surface area contributed by atoms with Crippen LogP contribution < -0.4 is 10.2 Å². The van der Waals surface area contributed by atoms with Crippen molar-refractivity contribution in [2.24, 2.45) is 0 Å². The minimum atomic E-state index is -0.244. The second kappa shape index (κ2) is 8.95. The SMILES string of the molecule is CC(C)NC(=O)c1cncc(C(=O)N(Cc2ccccc2)c2ccccc2)c1. The summed E-state index contributed by atoms with van der Waals surface area (Å²) < 4.78 is 0. The fourth-order valence-electron chi connectivity index (χ4n) is 2.84. The molecule has 5 heteroatoms. The van der Waals surface area contributed by atoms with Crippen LogP contribution in [0.5, 0.6) is 0 Å². The Balaban J connectivity index is 1.92. The first-order chi connectivity index (χ1) is 13.5. The van der Waals surface area contributed by atoms with Crippen LogP contribution in [0, 0.1) is 0 Å². The number of pyridine rings is 1. The topological polar surface area (TPSA) is 62.3 Å². The molecular weight excluding hydrogens is 350 g/mol. The number of carbonyl (C=O) groups is 2. The second-order valence-electron chi connectivity index (χ2n) is 6.80. The number of aromatic nitrogens is 1. The summed E-state index contributed by atoms with van der Waals surface area (Å²) in [6, 6.07) is 20.9. The van der Waals surface area contributed by atoms with Gasteiger partial charge in [-0.3, -0.25) is 14.6 Å². The first-order valence-electron chi connectivity index (χ1n) is 9.21. The zero-order valence-corrected chi connectivity index (χ0v) is 16.0. The molecule has 28 heavy (non-hydrogen) atoms. The maximum absolute atomic E-state index is 13.3. The molecule has 0 radical (unpaired) electrons. The van der Waals surface area contributed by atoms with Crippen molar-refractivity contribution >= 4 is 17.5 Å². The van der Waals surface area contributed by atoms with Crippen LogP contribution in [0.1, 0.15) is 40.1 Å². The summed E-state index contributed by atoms with van der Waals surface area (Å²) in [6.07, 6.45) is 2.97. The Morgan fingerprint density at radius 2 is 1.54 bits per heavy atom. The Morgan fingerprint density at radius 3 is 2.18 bits per heavy atom. The van der Waals surface area contributed by atoms with Crippen LogP contribution in [0.3, 0.4) is 0 Å². The van der Waals surface area contributed by atoms with E-state index in [9.17, 15) is 9.59 Å². The number of rotatable bonds is 6. The van der Waals surface area contributed by atoms with E-state index in [1.807, 2.05) is 74.5 Å². The van der Waals surface area contributed by atoms with Crippen LogP contribution in [0.15, 0.2) is 79.1 Å². The summed E-state index contributed by atoms with van der Waals surface area (Å²) in [6.45, 7) is 4.20. The molecule has 0 atom stereocenters. The molecule has 1 N–H and O–H groups in total. The van der Waals surface area contributed by atoms with E-state index in [1.54, 1.807) is 11.0 Å². The van der Waals surface area contributed by atoms with Crippen molar-refractivity contribution in [3.05, 3.63) is 95.8 Å². The monoisotopic (exact) mass is 373 g/mol. The molecule has 3 aromatic rings. The summed E-state index contributed by atoms with van der Waals surface area (Å²) in [7, 11) is 0. The van der Waals surface area contributed by atoms with Gasteiger partial charge in [-0.05, 0) is 37.6 Å². The van der Waals surface area contributed by atoms with Gasteiger partial charge in [-0.2, -0.15) is 0 Å². The highest BCUT2D eigenvalue weighted by Gasteiger charge is 2.20. The van der Waals surface area contributed by atoms with Crippen LogP contribution in [0.25, 0.3) is 0 Å². The molecule has 0 saturated carbocycles. The molecule has 142 valence electrons. The Morgan fingerprint density at radius 1 is 0.929 bits per heavy atom. The first-order valence-corrected chi connectivity index (χ1v) is 9.21. The standard InChI is InChI=1S/C23H23N3O2/c1-17(2)25-22(27)19-13-20(15-24-14-19)23(28)26(21-11-7-4-8-12-21)16-18-9-5-3-6-10-18/h3-15,17H,16H2,1-2H3,(H,25,27). The number of carbonyl (C=O) groups excluding carboxylic acids is 2. The Bertz CT molecular complexity index is 940. The summed E-state index contributed by atoms with van der Waals surface area (Å²) in [5.41, 5.74) is 2.54. The highest BCUT2D eigenvalue weighted by Crippen LogP contribution is 2.20. The van der Waals surface area contributed by atoms with Gasteiger partial charge < -0.3 is 10.2 Å². The molecule has 0 fully saturated rings. The van der Waals surface area contributed by atoms with Gasteiger partial charge in [0.1, 0.15) is 0 Å². The maximum Gasteiger partial charge on any atom is 0.260 e. The number of para-hydroxylation sites is 1. The van der Waals surface area contributed by atoms with Gasteiger partial charge in [0.05, 0.1) is 17.7 Å². The van der Waals surface area contributed by atoms with Crippen LogP contribution in [0.2, 0.25) is 0 Å². The molecule has 0 bridgehead atoms. The Labute approximate surface area is 165 Å². The number of anilines is 1. The third-order valence-electron chi connectivity index (χ3n) is 4.16. The van der Waals surface area contributed by atoms with E-state index in [0.29, 0.717) is 17.7 Å². The summed E-state index contributed by atoms with van der Waals surface area (Å²) >= 11 is 0. The van der Waals surface area contributed by atoms with Gasteiger partial charge in [0.15, 0.2) is 0 Å². The number of hydrogen-bond donors (Lipinski definition) is 1. The maximum atomic E-state index is 13.3. The molecule has 0 aliphatic carbocycles. The molecule has 0 unspecified atom stereocenters. The zero-order valence-electron chi connectivity index (χ0n) is 16.0. The predicted octanol–water partition coefficient (Wildman–Crippen LogP) is 4.07. The zero-order chi connectivity index (χ0) is 19.9. The van der Waals surface area contributed by atoms with E-state index in [1.165, 1.54) is 12.4 Å². The number of nitrogens with one attached hydrogen (secondary N) is 1. The Hall–Kier alpha value is -3.47. The van der Waals surface area contributed by atoms with Crippen molar-refractivity contribution in [2.45, 2.75) is 26.4 Å². The third kappa shape index (κ3) is 4.82. The molecule has 1 heterocycles. The van der Waals surface area contributed by atoms with Crippen molar-refractivity contribution < 1.29 is 9.59 Å². The first kappa shape index (κ1) is 19.3. The fraction of sp³-hybridized carbons (Fsp3) is 0.174. The van der Waals surface area contributed by atoms with Crippen molar-refractivity contribution in [3.8, 4) is 0 Å². The molecular formula is C23H23N3O2. The van der Waals surface area contributed by atoms with Gasteiger partial charge in [0.2, 0.25) is 0 Å². The summed E-state index contributed by atoms with van der Waals surface area (Å²) in [5.74, 6) is -0.451. The Kier molecular flexibility index (Phi) is 6.17. The number of amides is 2. The minimum Gasteiger partial charge on any atom is -0.350 e. The number of hydrogen-bond acceptors (Lipinski definition) is 3. The van der Waals surface area contributed by atoms with E-state index in [-0.39, 0.29) is 17.9 Å². The predicted molar refractivity (Wildman–Crippen MR) is 110 cm³/mol. The third-order valence-corrected chi connectivity index (χ3v) is 4.16. The molecule has 3 rings (SSSR count). The van der Waals surface area contributed by atoms with Crippen molar-refractivity contribution in [1.82, 2.24) is 10.3 Å². The fourth-order valence-corrected chi connectivity index (χ4v) is 2.84. The number of nitrogens with zero attached hydrogens (tertiary/aromatic N) is 2. The average Bonchev–Trinajstić information content (AvgIpc) is 2.72. The molecule has 2 amide bonds. The molecule has 2 aromatic carbocycles. The quantitative estimate of drug-likeness (QED) is 0.709.